The maximum absolute atomic E-state index is 12.1. The zero-order valence-electron chi connectivity index (χ0n) is 14.8. The van der Waals surface area contributed by atoms with Gasteiger partial charge in [-0.05, 0) is 22.3 Å². The van der Waals surface area contributed by atoms with Gasteiger partial charge in [0.05, 0.1) is 6.42 Å². The Balaban J connectivity index is 1.68. The van der Waals surface area contributed by atoms with E-state index in [1.807, 2.05) is 48.5 Å². The summed E-state index contributed by atoms with van der Waals surface area (Å²) in [6, 6.07) is 14.5. The van der Waals surface area contributed by atoms with Crippen molar-refractivity contribution < 1.29 is 24.2 Å². The van der Waals surface area contributed by atoms with Crippen molar-refractivity contribution in [3.05, 3.63) is 59.7 Å². The van der Waals surface area contributed by atoms with Crippen molar-refractivity contribution >= 4 is 18.0 Å². The van der Waals surface area contributed by atoms with Crippen molar-refractivity contribution in [1.82, 2.24) is 10.6 Å². The topological polar surface area (TPSA) is 105 Å². The molecule has 2 aromatic carbocycles. The highest BCUT2D eigenvalue weighted by atomic mass is 16.5. The summed E-state index contributed by atoms with van der Waals surface area (Å²) in [5.41, 5.74) is 4.33. The molecule has 0 saturated carbocycles. The molecule has 0 bridgehead atoms. The number of fused-ring (bicyclic) bond motifs is 3. The Labute approximate surface area is 156 Å². The third kappa shape index (κ3) is 3.92. The summed E-state index contributed by atoms with van der Waals surface area (Å²) < 4.78 is 5.29. The molecular weight excluding hydrogens is 348 g/mol. The van der Waals surface area contributed by atoms with Crippen LogP contribution < -0.4 is 10.6 Å². The number of carbonyl (C=O) groups is 3. The van der Waals surface area contributed by atoms with Crippen LogP contribution in [-0.4, -0.2) is 42.8 Å². The normalized spacial score (nSPS) is 13.2. The molecule has 2 amide bonds. The van der Waals surface area contributed by atoms with Crippen LogP contribution in [0.15, 0.2) is 48.5 Å². The Kier molecular flexibility index (Phi) is 5.40. The predicted molar refractivity (Wildman–Crippen MR) is 98.3 cm³/mol. The van der Waals surface area contributed by atoms with Crippen molar-refractivity contribution in [3.63, 3.8) is 0 Å². The summed E-state index contributed by atoms with van der Waals surface area (Å²) in [6.07, 6.45) is -1.23. The molecule has 0 radical (unpaired) electrons. The van der Waals surface area contributed by atoms with Gasteiger partial charge in [-0.1, -0.05) is 48.5 Å². The first kappa shape index (κ1) is 18.4. The van der Waals surface area contributed by atoms with Gasteiger partial charge < -0.3 is 20.5 Å². The summed E-state index contributed by atoms with van der Waals surface area (Å²) >= 11 is 0. The number of carboxylic acids is 1. The average molecular weight is 368 g/mol. The van der Waals surface area contributed by atoms with Crippen molar-refractivity contribution in [3.8, 4) is 11.1 Å². The van der Waals surface area contributed by atoms with Gasteiger partial charge in [0.25, 0.3) is 0 Å². The minimum atomic E-state index is -1.35. The second-order valence-corrected chi connectivity index (χ2v) is 6.24. The molecule has 0 spiro atoms. The highest BCUT2D eigenvalue weighted by Gasteiger charge is 2.30. The summed E-state index contributed by atoms with van der Waals surface area (Å²) in [5, 5.41) is 13.7. The van der Waals surface area contributed by atoms with Crippen molar-refractivity contribution in [2.24, 2.45) is 0 Å². The average Bonchev–Trinajstić information content (AvgIpc) is 2.99. The van der Waals surface area contributed by atoms with Gasteiger partial charge in [-0.15, -0.1) is 0 Å². The van der Waals surface area contributed by atoms with E-state index in [0.717, 1.165) is 22.3 Å². The molecule has 0 heterocycles. The molecule has 7 nitrogen and oxygen atoms in total. The van der Waals surface area contributed by atoms with Crippen LogP contribution >= 0.6 is 0 Å². The van der Waals surface area contributed by atoms with Crippen LogP contribution in [0, 0.1) is 0 Å². The molecule has 27 heavy (non-hydrogen) atoms. The van der Waals surface area contributed by atoms with Crippen molar-refractivity contribution in [2.75, 3.05) is 13.7 Å². The maximum atomic E-state index is 12.1. The lowest BCUT2D eigenvalue weighted by Gasteiger charge is -2.17. The van der Waals surface area contributed by atoms with E-state index in [9.17, 15) is 14.4 Å². The van der Waals surface area contributed by atoms with E-state index in [4.69, 9.17) is 9.84 Å². The van der Waals surface area contributed by atoms with Crippen LogP contribution in [0.1, 0.15) is 23.5 Å². The van der Waals surface area contributed by atoms with Gasteiger partial charge in [-0.25, -0.2) is 9.59 Å². The third-order valence-electron chi connectivity index (χ3n) is 4.60. The van der Waals surface area contributed by atoms with Crippen LogP contribution in [-0.2, 0) is 14.3 Å². The summed E-state index contributed by atoms with van der Waals surface area (Å²) in [7, 11) is 1.40. The maximum Gasteiger partial charge on any atom is 0.407 e. The molecule has 3 N–H and O–H groups in total. The highest BCUT2D eigenvalue weighted by molar-refractivity contribution is 5.87. The fourth-order valence-electron chi connectivity index (χ4n) is 3.27. The fraction of sp³-hybridized carbons (Fsp3) is 0.250. The highest BCUT2D eigenvalue weighted by Crippen LogP contribution is 2.44. The van der Waals surface area contributed by atoms with E-state index in [1.165, 1.54) is 7.05 Å². The quantitative estimate of drug-likeness (QED) is 0.724. The van der Waals surface area contributed by atoms with E-state index in [0.29, 0.717) is 0 Å². The van der Waals surface area contributed by atoms with E-state index in [1.54, 1.807) is 0 Å². The fourth-order valence-corrected chi connectivity index (χ4v) is 3.27. The summed E-state index contributed by atoms with van der Waals surface area (Å²) in [6.45, 7) is 0.0756. The lowest BCUT2D eigenvalue weighted by molar-refractivity contribution is -0.141. The smallest absolute Gasteiger partial charge is 0.407 e. The zero-order valence-corrected chi connectivity index (χ0v) is 14.8. The SMILES string of the molecule is CNC(=O)C[C@H](NC(=O)OCC1c2ccccc2-c2ccccc21)C(=O)O. The second kappa shape index (κ2) is 7.90. The molecule has 7 heteroatoms. The van der Waals surface area contributed by atoms with Crippen LogP contribution in [0.25, 0.3) is 11.1 Å². The third-order valence-corrected chi connectivity index (χ3v) is 4.60. The van der Waals surface area contributed by atoms with E-state index >= 15 is 0 Å². The van der Waals surface area contributed by atoms with Crippen molar-refractivity contribution in [1.29, 1.82) is 0 Å². The number of aliphatic carboxylic acids is 1. The molecule has 3 rings (SSSR count). The van der Waals surface area contributed by atoms with Gasteiger partial charge in [0, 0.05) is 13.0 Å². The molecule has 0 unspecified atom stereocenters. The number of carbonyl (C=O) groups excluding carboxylic acids is 2. The standard InChI is InChI=1S/C20H20N2O5/c1-21-18(23)10-17(19(24)25)22-20(26)27-11-16-14-8-4-2-6-12(14)13-7-3-5-9-15(13)16/h2-9,16-17H,10-11H2,1H3,(H,21,23)(H,22,26)(H,24,25)/t17-/m0/s1. The van der Waals surface area contributed by atoms with Gasteiger partial charge in [0.2, 0.25) is 5.91 Å². The summed E-state index contributed by atoms with van der Waals surface area (Å²) in [4.78, 5) is 34.7. The monoisotopic (exact) mass is 368 g/mol. The molecule has 0 fully saturated rings. The van der Waals surface area contributed by atoms with Crippen molar-refractivity contribution in [2.45, 2.75) is 18.4 Å². The molecule has 1 aliphatic rings. The number of benzene rings is 2. The minimum absolute atomic E-state index is 0.0756. The van der Waals surface area contributed by atoms with Gasteiger partial charge in [0.15, 0.2) is 0 Å². The largest absolute Gasteiger partial charge is 0.480 e. The van der Waals surface area contributed by atoms with Gasteiger partial charge in [-0.2, -0.15) is 0 Å². The number of nitrogens with one attached hydrogen (secondary N) is 2. The van der Waals surface area contributed by atoms with Crippen LogP contribution in [0.3, 0.4) is 0 Å². The molecule has 1 aliphatic carbocycles. The Morgan fingerprint density at radius 2 is 1.59 bits per heavy atom. The van der Waals surface area contributed by atoms with Crippen LogP contribution in [0.5, 0.6) is 0 Å². The molecule has 140 valence electrons. The first-order valence-corrected chi connectivity index (χ1v) is 8.56. The number of amides is 2. The Morgan fingerprint density at radius 3 is 2.11 bits per heavy atom. The van der Waals surface area contributed by atoms with E-state index in [-0.39, 0.29) is 18.9 Å². The number of hydrogen-bond acceptors (Lipinski definition) is 4. The van der Waals surface area contributed by atoms with Gasteiger partial charge in [0.1, 0.15) is 12.6 Å². The molecule has 2 aromatic rings. The Hall–Kier alpha value is -3.35. The first-order valence-electron chi connectivity index (χ1n) is 8.56. The van der Waals surface area contributed by atoms with Crippen LogP contribution in [0.4, 0.5) is 4.79 Å². The predicted octanol–water partition coefficient (Wildman–Crippen LogP) is 2.11. The lowest BCUT2D eigenvalue weighted by Crippen LogP contribution is -2.44. The number of alkyl carbamates (subject to hydrolysis) is 1. The molecular formula is C20H20N2O5. The molecule has 0 saturated heterocycles. The number of hydrogen-bond donors (Lipinski definition) is 3. The van der Waals surface area contributed by atoms with E-state index in [2.05, 4.69) is 10.6 Å². The van der Waals surface area contributed by atoms with E-state index < -0.39 is 24.0 Å². The number of carboxylic acid groups (broad SMARTS) is 1. The minimum Gasteiger partial charge on any atom is -0.480 e. The van der Waals surface area contributed by atoms with Gasteiger partial charge in [-0.3, -0.25) is 4.79 Å². The Bertz CT molecular complexity index is 835. The molecule has 1 atom stereocenters. The molecule has 0 aliphatic heterocycles. The summed E-state index contributed by atoms with van der Waals surface area (Å²) in [5.74, 6) is -1.90. The molecule has 0 aromatic heterocycles. The van der Waals surface area contributed by atoms with Crippen LogP contribution in [0.2, 0.25) is 0 Å². The first-order chi connectivity index (χ1) is 13.0. The lowest BCUT2D eigenvalue weighted by atomic mass is 9.98. The zero-order chi connectivity index (χ0) is 19.4. The number of ether oxygens (including phenoxy) is 1. The number of rotatable bonds is 6. The van der Waals surface area contributed by atoms with Gasteiger partial charge >= 0.3 is 12.1 Å². The second-order valence-electron chi connectivity index (χ2n) is 6.24. The Morgan fingerprint density at radius 1 is 1.04 bits per heavy atom.